The largest absolute Gasteiger partial charge is 0.508 e. The fourth-order valence-electron chi connectivity index (χ4n) is 5.49. The number of ketones is 1. The normalized spacial score (nSPS) is 15.2. The molecule has 1 atom stereocenters. The van der Waals surface area contributed by atoms with Crippen molar-refractivity contribution < 1.29 is 29.0 Å². The number of aryl methyl sites for hydroxylation is 1. The van der Waals surface area contributed by atoms with Crippen molar-refractivity contribution >= 4 is 35.6 Å². The molecule has 4 rings (SSSR count). The summed E-state index contributed by atoms with van der Waals surface area (Å²) in [6.07, 6.45) is 8.09. The van der Waals surface area contributed by atoms with E-state index in [9.17, 15) is 24.3 Å². The zero-order chi connectivity index (χ0) is 34.0. The molecule has 46 heavy (non-hydrogen) atoms. The van der Waals surface area contributed by atoms with Gasteiger partial charge in [0.2, 0.25) is 6.41 Å². The number of nitrogens with zero attached hydrogens (tertiary/aromatic N) is 2. The van der Waals surface area contributed by atoms with E-state index >= 15 is 0 Å². The van der Waals surface area contributed by atoms with E-state index in [0.29, 0.717) is 30.1 Å². The lowest BCUT2D eigenvalue weighted by molar-refractivity contribution is -0.151. The van der Waals surface area contributed by atoms with Crippen LogP contribution in [0.15, 0.2) is 65.4 Å². The third-order valence-electron chi connectivity index (χ3n) is 8.32. The number of rotatable bonds is 11. The number of hydrogen-bond donors (Lipinski definition) is 2. The highest BCUT2D eigenvalue weighted by Gasteiger charge is 2.23. The molecule has 2 aliphatic carbocycles. The van der Waals surface area contributed by atoms with Crippen LogP contribution in [0.5, 0.6) is 0 Å². The number of hydrogen-bond acceptors (Lipinski definition) is 7. The molecule has 9 heteroatoms. The summed E-state index contributed by atoms with van der Waals surface area (Å²) >= 11 is 0. The van der Waals surface area contributed by atoms with Gasteiger partial charge in [-0.2, -0.15) is 0 Å². The summed E-state index contributed by atoms with van der Waals surface area (Å²) in [5.41, 5.74) is 5.80. The number of anilines is 2. The highest BCUT2D eigenvalue weighted by atomic mass is 16.5. The molecule has 0 radical (unpaired) electrons. The monoisotopic (exact) mass is 631 g/mol. The van der Waals surface area contributed by atoms with Gasteiger partial charge < -0.3 is 15.2 Å². The standard InChI is InChI=1S/C28H37N3O4.C9H12O2/c1-19(2)35-27(33)21(4)16-22-9-12-25(13-10-22)31(18-32)28(34)30(5)26-14-11-23(15-20(26)3)17-29-24-7-6-8-24;1-6-4-3-5-8(11)9(6)7(2)10/h9-15,18-19,21,24,29H,6-8,16-17H2,1-5H3;5,11H,3-4H2,1-2H3. The molecule has 2 aromatic rings. The van der Waals surface area contributed by atoms with Gasteiger partial charge in [-0.15, -0.1) is 0 Å². The summed E-state index contributed by atoms with van der Waals surface area (Å²) in [6, 6.07) is 13.3. The third-order valence-corrected chi connectivity index (χ3v) is 8.32. The topological polar surface area (TPSA) is 116 Å². The predicted molar refractivity (Wildman–Crippen MR) is 182 cm³/mol. The van der Waals surface area contributed by atoms with Gasteiger partial charge in [-0.25, -0.2) is 9.69 Å². The van der Waals surface area contributed by atoms with E-state index in [1.807, 2.05) is 58.9 Å². The highest BCUT2D eigenvalue weighted by Crippen LogP contribution is 2.26. The fraction of sp³-hybridized carbons (Fsp3) is 0.459. The maximum atomic E-state index is 13.2. The molecule has 2 aliphatic rings. The molecule has 3 amide bonds. The zero-order valence-electron chi connectivity index (χ0n) is 28.3. The Bertz CT molecular complexity index is 1460. The Hall–Kier alpha value is -4.24. The minimum atomic E-state index is -0.440. The summed E-state index contributed by atoms with van der Waals surface area (Å²) in [4.78, 5) is 50.7. The Kier molecular flexibility index (Phi) is 13.3. The minimum absolute atomic E-state index is 0.0454. The van der Waals surface area contributed by atoms with Gasteiger partial charge in [-0.3, -0.25) is 19.3 Å². The third kappa shape index (κ3) is 9.88. The Labute approximate surface area is 273 Å². The van der Waals surface area contributed by atoms with Crippen molar-refractivity contribution in [2.45, 2.75) is 98.8 Å². The second-order valence-corrected chi connectivity index (χ2v) is 12.5. The first kappa shape index (κ1) is 36.2. The van der Waals surface area contributed by atoms with Crippen molar-refractivity contribution in [2.24, 2.45) is 5.92 Å². The smallest absolute Gasteiger partial charge is 0.335 e. The van der Waals surface area contributed by atoms with E-state index in [1.165, 1.54) is 36.6 Å². The number of urea groups is 1. The van der Waals surface area contributed by atoms with E-state index in [1.54, 1.807) is 25.3 Å². The molecule has 1 unspecified atom stereocenters. The van der Waals surface area contributed by atoms with Gasteiger partial charge in [-0.05, 0) is 108 Å². The number of nitrogens with one attached hydrogen (secondary N) is 1. The maximum Gasteiger partial charge on any atom is 0.335 e. The first-order valence-electron chi connectivity index (χ1n) is 16.1. The summed E-state index contributed by atoms with van der Waals surface area (Å²) in [6.45, 7) is 11.6. The van der Waals surface area contributed by atoms with E-state index in [4.69, 9.17) is 4.74 Å². The van der Waals surface area contributed by atoms with E-state index < -0.39 is 6.03 Å². The first-order valence-corrected chi connectivity index (χ1v) is 16.1. The number of benzene rings is 2. The highest BCUT2D eigenvalue weighted by molar-refractivity contribution is 6.13. The van der Waals surface area contributed by atoms with Crippen molar-refractivity contribution in [3.05, 3.63) is 82.1 Å². The average Bonchev–Trinajstić information content (AvgIpc) is 2.97. The molecule has 1 saturated carbocycles. The number of Topliss-reactive ketones (excluding diaryl/α,β-unsaturated/α-hetero) is 1. The van der Waals surface area contributed by atoms with Crippen LogP contribution in [0, 0.1) is 12.8 Å². The lowest BCUT2D eigenvalue weighted by Crippen LogP contribution is -2.41. The fourth-order valence-corrected chi connectivity index (χ4v) is 5.49. The average molecular weight is 632 g/mol. The van der Waals surface area contributed by atoms with Crippen LogP contribution in [-0.4, -0.2) is 48.5 Å². The van der Waals surface area contributed by atoms with E-state index in [2.05, 4.69) is 11.4 Å². The Morgan fingerprint density at radius 2 is 1.70 bits per heavy atom. The van der Waals surface area contributed by atoms with Gasteiger partial charge in [0.05, 0.1) is 23.3 Å². The molecule has 0 aliphatic heterocycles. The van der Waals surface area contributed by atoms with Crippen LogP contribution in [-0.2, 0) is 32.1 Å². The van der Waals surface area contributed by atoms with Gasteiger partial charge in [0.15, 0.2) is 5.78 Å². The van der Waals surface area contributed by atoms with Crippen LogP contribution < -0.4 is 15.1 Å². The maximum absolute atomic E-state index is 13.2. The molecular formula is C37H49N3O6. The van der Waals surface area contributed by atoms with Gasteiger partial charge in [0.25, 0.3) is 0 Å². The lowest BCUT2D eigenvalue weighted by atomic mass is 9.93. The number of imide groups is 1. The van der Waals surface area contributed by atoms with Gasteiger partial charge in [-0.1, -0.05) is 43.2 Å². The number of allylic oxidation sites excluding steroid dienone is 3. The number of aliphatic hydroxyl groups is 1. The number of ether oxygens (including phenoxy) is 1. The van der Waals surface area contributed by atoms with Crippen molar-refractivity contribution in [2.75, 3.05) is 16.8 Å². The summed E-state index contributed by atoms with van der Waals surface area (Å²) in [5.74, 6) is -0.416. The van der Waals surface area contributed by atoms with Crippen LogP contribution in [0.4, 0.5) is 16.2 Å². The van der Waals surface area contributed by atoms with Crippen LogP contribution in [0.1, 0.15) is 83.4 Å². The molecule has 0 aromatic heterocycles. The minimum Gasteiger partial charge on any atom is -0.508 e. The Balaban J connectivity index is 0.000000441. The zero-order valence-corrected chi connectivity index (χ0v) is 28.3. The molecule has 2 N–H and O–H groups in total. The quantitative estimate of drug-likeness (QED) is 0.200. The SMILES string of the molecule is CC(=O)C1=C(C)CCC=C1O.Cc1cc(CNC2CCC2)ccc1N(C)C(=O)N(C=O)c1ccc(CC(C)C(=O)OC(C)C)cc1. The summed E-state index contributed by atoms with van der Waals surface area (Å²) in [7, 11) is 1.67. The number of amides is 3. The van der Waals surface area contributed by atoms with Gasteiger partial charge >= 0.3 is 12.0 Å². The van der Waals surface area contributed by atoms with Gasteiger partial charge in [0.1, 0.15) is 5.76 Å². The molecule has 0 saturated heterocycles. The number of esters is 1. The molecular weight excluding hydrogens is 582 g/mol. The molecule has 9 nitrogen and oxygen atoms in total. The van der Waals surface area contributed by atoms with Crippen LogP contribution >= 0.6 is 0 Å². The van der Waals surface area contributed by atoms with Crippen molar-refractivity contribution in [1.29, 1.82) is 0 Å². The second kappa shape index (κ2) is 16.9. The molecule has 0 heterocycles. The Morgan fingerprint density at radius 3 is 2.20 bits per heavy atom. The Morgan fingerprint density at radius 1 is 1.04 bits per heavy atom. The molecule has 2 aromatic carbocycles. The predicted octanol–water partition coefficient (Wildman–Crippen LogP) is 7.11. The van der Waals surface area contributed by atoms with Gasteiger partial charge in [0, 0.05) is 25.3 Å². The summed E-state index contributed by atoms with van der Waals surface area (Å²) < 4.78 is 5.26. The number of carbonyl (C=O) groups excluding carboxylic acids is 4. The van der Waals surface area contributed by atoms with E-state index in [0.717, 1.165) is 46.7 Å². The molecule has 1 fully saturated rings. The number of carbonyl (C=O) groups is 4. The summed E-state index contributed by atoms with van der Waals surface area (Å²) in [5, 5.41) is 12.8. The van der Waals surface area contributed by atoms with Crippen LogP contribution in [0.25, 0.3) is 0 Å². The molecule has 248 valence electrons. The lowest BCUT2D eigenvalue weighted by Gasteiger charge is -2.27. The van der Waals surface area contributed by atoms with Crippen molar-refractivity contribution in [3.8, 4) is 0 Å². The van der Waals surface area contributed by atoms with Crippen molar-refractivity contribution in [1.82, 2.24) is 5.32 Å². The molecule has 0 bridgehead atoms. The van der Waals surface area contributed by atoms with E-state index in [-0.39, 0.29) is 29.5 Å². The van der Waals surface area contributed by atoms with Crippen LogP contribution in [0.3, 0.4) is 0 Å². The van der Waals surface area contributed by atoms with Crippen LogP contribution in [0.2, 0.25) is 0 Å². The van der Waals surface area contributed by atoms with Crippen molar-refractivity contribution in [3.63, 3.8) is 0 Å². The first-order chi connectivity index (χ1) is 21.8. The second-order valence-electron chi connectivity index (χ2n) is 12.5. The molecule has 0 spiro atoms. The number of aliphatic hydroxyl groups excluding tert-OH is 1.